The third kappa shape index (κ3) is 4.00. The molecule has 0 bridgehead atoms. The van der Waals surface area contributed by atoms with Crippen LogP contribution in [0.2, 0.25) is 5.02 Å². The van der Waals surface area contributed by atoms with Crippen LogP contribution in [0.5, 0.6) is 0 Å². The zero-order valence-electron chi connectivity index (χ0n) is 13.0. The van der Waals surface area contributed by atoms with Gasteiger partial charge in [0.15, 0.2) is 0 Å². The Balaban J connectivity index is 1.85. The molecule has 2 saturated carbocycles. The van der Waals surface area contributed by atoms with Crippen molar-refractivity contribution in [2.45, 2.75) is 51.1 Å². The van der Waals surface area contributed by atoms with Crippen molar-refractivity contribution in [3.05, 3.63) is 34.9 Å². The van der Waals surface area contributed by atoms with Gasteiger partial charge in [0.1, 0.15) is 0 Å². The lowest BCUT2D eigenvalue weighted by Crippen LogP contribution is -2.43. The fourth-order valence-corrected chi connectivity index (χ4v) is 3.45. The number of nitrogens with two attached hydrogens (primary N) is 1. The standard InChI is InChI=1S/C18H27ClN2/c1-2-17(20)18(15-5-3-4-6-16(15)19)21(11-13-7-8-13)12-14-9-10-14/h3-6,13-14,17-18H,2,7-12,20H2,1H3. The van der Waals surface area contributed by atoms with Gasteiger partial charge in [-0.2, -0.15) is 0 Å². The van der Waals surface area contributed by atoms with E-state index in [0.717, 1.165) is 23.3 Å². The average molecular weight is 307 g/mol. The summed E-state index contributed by atoms with van der Waals surface area (Å²) in [6.07, 6.45) is 6.53. The normalized spacial score (nSPS) is 21.5. The van der Waals surface area contributed by atoms with Gasteiger partial charge in [-0.1, -0.05) is 36.7 Å². The van der Waals surface area contributed by atoms with E-state index in [9.17, 15) is 0 Å². The SMILES string of the molecule is CCC(N)C(c1ccccc1Cl)N(CC1CC1)CC1CC1. The first-order valence-corrected chi connectivity index (χ1v) is 8.81. The van der Waals surface area contributed by atoms with Crippen LogP contribution in [-0.2, 0) is 0 Å². The van der Waals surface area contributed by atoms with Gasteiger partial charge in [0.25, 0.3) is 0 Å². The molecule has 2 N–H and O–H groups in total. The van der Waals surface area contributed by atoms with Crippen LogP contribution in [0.15, 0.2) is 24.3 Å². The predicted molar refractivity (Wildman–Crippen MR) is 89.5 cm³/mol. The number of nitrogens with zero attached hydrogens (tertiary/aromatic N) is 1. The molecular weight excluding hydrogens is 280 g/mol. The maximum absolute atomic E-state index is 6.51. The van der Waals surface area contributed by atoms with Crippen LogP contribution in [0.3, 0.4) is 0 Å². The third-order valence-electron chi connectivity index (χ3n) is 4.87. The summed E-state index contributed by atoms with van der Waals surface area (Å²) in [4.78, 5) is 2.64. The number of halogens is 1. The van der Waals surface area contributed by atoms with Crippen LogP contribution in [0, 0.1) is 11.8 Å². The fourth-order valence-electron chi connectivity index (χ4n) is 3.20. The van der Waals surface area contributed by atoms with Crippen molar-refractivity contribution < 1.29 is 0 Å². The van der Waals surface area contributed by atoms with Gasteiger partial charge in [-0.05, 0) is 55.6 Å². The molecule has 0 aromatic heterocycles. The topological polar surface area (TPSA) is 29.3 Å². The van der Waals surface area contributed by atoms with Gasteiger partial charge >= 0.3 is 0 Å². The Morgan fingerprint density at radius 2 is 1.71 bits per heavy atom. The molecule has 1 aromatic carbocycles. The summed E-state index contributed by atoms with van der Waals surface area (Å²) in [5.41, 5.74) is 7.73. The summed E-state index contributed by atoms with van der Waals surface area (Å²) in [6, 6.07) is 8.68. The second-order valence-electron chi connectivity index (χ2n) is 6.88. The minimum Gasteiger partial charge on any atom is -0.326 e. The molecule has 116 valence electrons. The summed E-state index contributed by atoms with van der Waals surface area (Å²) >= 11 is 6.49. The molecule has 3 heteroatoms. The summed E-state index contributed by atoms with van der Waals surface area (Å²) < 4.78 is 0. The number of benzene rings is 1. The number of hydrogen-bond donors (Lipinski definition) is 1. The summed E-state index contributed by atoms with van der Waals surface area (Å²) in [7, 11) is 0. The van der Waals surface area contributed by atoms with Crippen LogP contribution in [0.4, 0.5) is 0 Å². The average Bonchev–Trinajstić information content (AvgIpc) is 3.37. The summed E-state index contributed by atoms with van der Waals surface area (Å²) in [5.74, 6) is 1.77. The Labute approximate surface area is 133 Å². The molecule has 0 spiro atoms. The van der Waals surface area contributed by atoms with Gasteiger partial charge in [-0.15, -0.1) is 0 Å². The molecule has 2 unspecified atom stereocenters. The lowest BCUT2D eigenvalue weighted by atomic mass is 9.95. The molecule has 2 aliphatic rings. The molecule has 1 aromatic rings. The quantitative estimate of drug-likeness (QED) is 0.778. The Hall–Kier alpha value is -0.570. The third-order valence-corrected chi connectivity index (χ3v) is 5.22. The highest BCUT2D eigenvalue weighted by Gasteiger charge is 2.35. The first kappa shape index (κ1) is 15.3. The van der Waals surface area contributed by atoms with Crippen LogP contribution >= 0.6 is 11.6 Å². The molecule has 0 heterocycles. The van der Waals surface area contributed by atoms with Crippen molar-refractivity contribution in [2.75, 3.05) is 13.1 Å². The van der Waals surface area contributed by atoms with E-state index in [1.807, 2.05) is 12.1 Å². The number of rotatable bonds is 8. The second kappa shape index (κ2) is 6.68. The highest BCUT2D eigenvalue weighted by Crippen LogP contribution is 2.39. The lowest BCUT2D eigenvalue weighted by molar-refractivity contribution is 0.155. The van der Waals surface area contributed by atoms with Crippen LogP contribution < -0.4 is 5.73 Å². The summed E-state index contributed by atoms with van der Waals surface area (Å²) in [5, 5.41) is 0.864. The van der Waals surface area contributed by atoms with Gasteiger partial charge in [0, 0.05) is 24.2 Å². The molecule has 0 radical (unpaired) electrons. The van der Waals surface area contributed by atoms with Gasteiger partial charge in [-0.3, -0.25) is 4.90 Å². The van der Waals surface area contributed by atoms with E-state index >= 15 is 0 Å². The van der Waals surface area contributed by atoms with E-state index in [1.54, 1.807) is 0 Å². The zero-order valence-corrected chi connectivity index (χ0v) is 13.7. The number of hydrogen-bond acceptors (Lipinski definition) is 2. The Kier molecular flexibility index (Phi) is 4.88. The maximum Gasteiger partial charge on any atom is 0.0514 e. The monoisotopic (exact) mass is 306 g/mol. The summed E-state index contributed by atoms with van der Waals surface area (Å²) in [6.45, 7) is 4.57. The highest BCUT2D eigenvalue weighted by molar-refractivity contribution is 6.31. The van der Waals surface area contributed by atoms with Crippen molar-refractivity contribution in [3.8, 4) is 0 Å². The molecule has 0 aliphatic heterocycles. The molecule has 0 amide bonds. The molecular formula is C18H27ClN2. The Morgan fingerprint density at radius 1 is 1.14 bits per heavy atom. The molecule has 3 rings (SSSR count). The lowest BCUT2D eigenvalue weighted by Gasteiger charge is -2.36. The van der Waals surface area contributed by atoms with Crippen molar-refractivity contribution in [1.82, 2.24) is 4.90 Å². The van der Waals surface area contributed by atoms with Crippen molar-refractivity contribution in [1.29, 1.82) is 0 Å². The van der Waals surface area contributed by atoms with E-state index in [-0.39, 0.29) is 12.1 Å². The van der Waals surface area contributed by atoms with Crippen molar-refractivity contribution >= 4 is 11.6 Å². The minimum absolute atomic E-state index is 0.155. The minimum atomic E-state index is 0.155. The first-order chi connectivity index (χ1) is 10.2. The molecule has 2 aliphatic carbocycles. The highest BCUT2D eigenvalue weighted by atomic mass is 35.5. The van der Waals surface area contributed by atoms with Gasteiger partial charge in [-0.25, -0.2) is 0 Å². The zero-order chi connectivity index (χ0) is 14.8. The van der Waals surface area contributed by atoms with Crippen LogP contribution in [0.25, 0.3) is 0 Å². The van der Waals surface area contributed by atoms with E-state index in [1.165, 1.54) is 44.3 Å². The van der Waals surface area contributed by atoms with E-state index in [2.05, 4.69) is 24.0 Å². The van der Waals surface area contributed by atoms with E-state index < -0.39 is 0 Å². The molecule has 21 heavy (non-hydrogen) atoms. The van der Waals surface area contributed by atoms with Gasteiger partial charge in [0.05, 0.1) is 6.04 Å². The second-order valence-corrected chi connectivity index (χ2v) is 7.29. The van der Waals surface area contributed by atoms with Crippen molar-refractivity contribution in [2.24, 2.45) is 17.6 Å². The molecule has 2 atom stereocenters. The van der Waals surface area contributed by atoms with Crippen molar-refractivity contribution in [3.63, 3.8) is 0 Å². The van der Waals surface area contributed by atoms with Gasteiger partial charge in [0.2, 0.25) is 0 Å². The van der Waals surface area contributed by atoms with E-state index in [4.69, 9.17) is 17.3 Å². The Morgan fingerprint density at radius 3 is 2.19 bits per heavy atom. The maximum atomic E-state index is 6.51. The predicted octanol–water partition coefficient (Wildman–Crippen LogP) is 4.24. The molecule has 0 saturated heterocycles. The molecule has 2 fully saturated rings. The Bertz CT molecular complexity index is 454. The van der Waals surface area contributed by atoms with E-state index in [0.29, 0.717) is 0 Å². The fraction of sp³-hybridized carbons (Fsp3) is 0.667. The molecule has 2 nitrogen and oxygen atoms in total. The first-order valence-electron chi connectivity index (χ1n) is 8.43. The van der Waals surface area contributed by atoms with Gasteiger partial charge < -0.3 is 5.73 Å². The van der Waals surface area contributed by atoms with Crippen LogP contribution in [-0.4, -0.2) is 24.0 Å². The van der Waals surface area contributed by atoms with Crippen LogP contribution in [0.1, 0.15) is 50.6 Å². The smallest absolute Gasteiger partial charge is 0.0514 e. The largest absolute Gasteiger partial charge is 0.326 e.